The first-order valence-corrected chi connectivity index (χ1v) is 8.76. The van der Waals surface area contributed by atoms with Gasteiger partial charge in [-0.1, -0.05) is 42.5 Å². The number of rotatable bonds is 3. The zero-order chi connectivity index (χ0) is 17.4. The highest BCUT2D eigenvalue weighted by atomic mass is 16.5. The normalized spacial score (nSPS) is 22.0. The quantitative estimate of drug-likeness (QED) is 0.805. The van der Waals surface area contributed by atoms with Crippen LogP contribution in [0.2, 0.25) is 0 Å². The van der Waals surface area contributed by atoms with E-state index in [4.69, 9.17) is 4.74 Å². The van der Waals surface area contributed by atoms with Crippen LogP contribution in [0.5, 0.6) is 0 Å². The van der Waals surface area contributed by atoms with Crippen LogP contribution in [0.4, 0.5) is 0 Å². The van der Waals surface area contributed by atoms with Gasteiger partial charge in [0.25, 0.3) is 0 Å². The summed E-state index contributed by atoms with van der Waals surface area (Å²) in [6.07, 6.45) is 0.759. The second kappa shape index (κ2) is 6.36. The minimum absolute atomic E-state index is 0.0607. The summed E-state index contributed by atoms with van der Waals surface area (Å²) in [6, 6.07) is 15.7. The third-order valence-corrected chi connectivity index (χ3v) is 5.31. The van der Waals surface area contributed by atoms with Crippen molar-refractivity contribution in [1.82, 2.24) is 4.90 Å². The zero-order valence-corrected chi connectivity index (χ0v) is 14.3. The van der Waals surface area contributed by atoms with Crippen molar-refractivity contribution >= 4 is 11.9 Å². The Kier molecular flexibility index (Phi) is 4.04. The fourth-order valence-corrected chi connectivity index (χ4v) is 3.94. The van der Waals surface area contributed by atoms with Crippen LogP contribution in [0.1, 0.15) is 51.9 Å². The highest BCUT2D eigenvalue weighted by Crippen LogP contribution is 2.35. The van der Waals surface area contributed by atoms with Gasteiger partial charge in [0.15, 0.2) is 0 Å². The van der Waals surface area contributed by atoms with Crippen LogP contribution in [0, 0.1) is 6.92 Å². The molecule has 0 bridgehead atoms. The van der Waals surface area contributed by atoms with Gasteiger partial charge in [-0.3, -0.25) is 4.79 Å². The second-order valence-corrected chi connectivity index (χ2v) is 6.87. The monoisotopic (exact) mass is 335 g/mol. The van der Waals surface area contributed by atoms with E-state index in [1.807, 2.05) is 29.2 Å². The van der Waals surface area contributed by atoms with Crippen molar-refractivity contribution < 1.29 is 14.3 Å². The van der Waals surface area contributed by atoms with Gasteiger partial charge >= 0.3 is 5.97 Å². The van der Waals surface area contributed by atoms with Crippen molar-refractivity contribution in [2.24, 2.45) is 0 Å². The number of carbonyl (C=O) groups excluding carboxylic acids is 2. The maximum atomic E-state index is 12.7. The molecule has 0 aliphatic carbocycles. The van der Waals surface area contributed by atoms with Crippen LogP contribution in [0.25, 0.3) is 0 Å². The number of fused-ring (bicyclic) bond motifs is 1. The molecule has 1 fully saturated rings. The Labute approximate surface area is 147 Å². The van der Waals surface area contributed by atoms with E-state index >= 15 is 0 Å². The summed E-state index contributed by atoms with van der Waals surface area (Å²) in [5.74, 6) is 0.127. The second-order valence-electron chi connectivity index (χ2n) is 6.87. The fourth-order valence-electron chi connectivity index (χ4n) is 3.94. The molecule has 2 aliphatic heterocycles. The molecule has 2 aliphatic rings. The molecule has 1 amide bonds. The molecule has 0 N–H and O–H groups in total. The van der Waals surface area contributed by atoms with Gasteiger partial charge in [0, 0.05) is 24.6 Å². The number of hydrogen-bond donors (Lipinski definition) is 0. The first kappa shape index (κ1) is 15.9. The molecule has 2 aromatic rings. The molecule has 2 heterocycles. The maximum Gasteiger partial charge on any atom is 0.339 e. The fraction of sp³-hybridized carbons (Fsp3) is 0.333. The summed E-state index contributed by atoms with van der Waals surface area (Å²) < 4.78 is 5.41. The molecule has 4 rings (SSSR count). The Morgan fingerprint density at radius 1 is 1.12 bits per heavy atom. The van der Waals surface area contributed by atoms with Crippen LogP contribution in [-0.4, -0.2) is 29.9 Å². The van der Waals surface area contributed by atoms with Crippen molar-refractivity contribution in [2.75, 3.05) is 13.1 Å². The lowest BCUT2D eigenvalue weighted by Crippen LogP contribution is -2.29. The van der Waals surface area contributed by atoms with Crippen LogP contribution in [0.15, 0.2) is 48.5 Å². The lowest BCUT2D eigenvalue weighted by molar-refractivity contribution is -0.132. The van der Waals surface area contributed by atoms with E-state index < -0.39 is 6.10 Å². The van der Waals surface area contributed by atoms with Crippen LogP contribution >= 0.6 is 0 Å². The first-order valence-electron chi connectivity index (χ1n) is 8.76. The van der Waals surface area contributed by atoms with Crippen molar-refractivity contribution in [3.63, 3.8) is 0 Å². The van der Waals surface area contributed by atoms with E-state index in [1.54, 1.807) is 6.07 Å². The SMILES string of the molecule is Cc1ccccc1[C@H]1CCN(C(=O)C[C@H]2OC(=O)c3ccccc32)C1. The van der Waals surface area contributed by atoms with Gasteiger partial charge in [0.05, 0.1) is 12.0 Å². The van der Waals surface area contributed by atoms with Crippen molar-refractivity contribution in [3.05, 3.63) is 70.8 Å². The molecular weight excluding hydrogens is 314 g/mol. The minimum Gasteiger partial charge on any atom is -0.453 e. The van der Waals surface area contributed by atoms with Crippen molar-refractivity contribution in [1.29, 1.82) is 0 Å². The van der Waals surface area contributed by atoms with Gasteiger partial charge in [-0.15, -0.1) is 0 Å². The number of aryl methyl sites for hydroxylation is 1. The molecular formula is C21H21NO3. The molecule has 2 aromatic carbocycles. The Hall–Kier alpha value is -2.62. The number of carbonyl (C=O) groups is 2. The number of benzene rings is 2. The predicted octanol–water partition coefficient (Wildman–Crippen LogP) is 3.61. The molecule has 0 saturated carbocycles. The number of amides is 1. The lowest BCUT2D eigenvalue weighted by Gasteiger charge is -2.19. The summed E-state index contributed by atoms with van der Waals surface area (Å²) in [5.41, 5.74) is 4.02. The molecule has 4 nitrogen and oxygen atoms in total. The third kappa shape index (κ3) is 2.93. The highest BCUT2D eigenvalue weighted by molar-refractivity contribution is 5.94. The van der Waals surface area contributed by atoms with Gasteiger partial charge in [-0.05, 0) is 30.5 Å². The third-order valence-electron chi connectivity index (χ3n) is 5.31. The van der Waals surface area contributed by atoms with Crippen LogP contribution in [0.3, 0.4) is 0 Å². The van der Waals surface area contributed by atoms with E-state index in [2.05, 4.69) is 25.1 Å². The number of cyclic esters (lactones) is 1. The summed E-state index contributed by atoms with van der Waals surface area (Å²) >= 11 is 0. The molecule has 1 saturated heterocycles. The summed E-state index contributed by atoms with van der Waals surface area (Å²) in [7, 11) is 0. The Bertz CT molecular complexity index is 829. The first-order chi connectivity index (χ1) is 12.1. The van der Waals surface area contributed by atoms with Crippen LogP contribution < -0.4 is 0 Å². The number of likely N-dealkylation sites (tertiary alicyclic amines) is 1. The molecule has 2 atom stereocenters. The van der Waals surface area contributed by atoms with E-state index in [1.165, 1.54) is 11.1 Å². The number of ether oxygens (including phenoxy) is 1. The number of hydrogen-bond acceptors (Lipinski definition) is 3. The molecule has 128 valence electrons. The van der Waals surface area contributed by atoms with Crippen LogP contribution in [-0.2, 0) is 9.53 Å². The molecule has 0 unspecified atom stereocenters. The Morgan fingerprint density at radius 3 is 2.64 bits per heavy atom. The Morgan fingerprint density at radius 2 is 1.84 bits per heavy atom. The van der Waals surface area contributed by atoms with Crippen molar-refractivity contribution in [3.8, 4) is 0 Å². The molecule has 4 heteroatoms. The minimum atomic E-state index is -0.450. The maximum absolute atomic E-state index is 12.7. The molecule has 25 heavy (non-hydrogen) atoms. The Balaban J connectivity index is 1.43. The standard InChI is InChI=1S/C21H21NO3/c1-14-6-2-3-7-16(14)15-10-11-22(13-15)20(23)12-19-17-8-4-5-9-18(17)21(24)25-19/h2-9,15,19H,10-13H2,1H3/t15-,19+/m0/s1. The molecule has 0 radical (unpaired) electrons. The predicted molar refractivity (Wildman–Crippen MR) is 94.3 cm³/mol. The van der Waals surface area contributed by atoms with Crippen molar-refractivity contribution in [2.45, 2.75) is 31.8 Å². The van der Waals surface area contributed by atoms with Gasteiger partial charge in [-0.2, -0.15) is 0 Å². The molecule has 0 spiro atoms. The lowest BCUT2D eigenvalue weighted by atomic mass is 9.94. The van der Waals surface area contributed by atoms with Gasteiger partial charge in [0.1, 0.15) is 6.10 Å². The van der Waals surface area contributed by atoms with Gasteiger partial charge < -0.3 is 9.64 Å². The van der Waals surface area contributed by atoms with E-state index in [9.17, 15) is 9.59 Å². The van der Waals surface area contributed by atoms with E-state index in [0.717, 1.165) is 25.1 Å². The topological polar surface area (TPSA) is 46.6 Å². The average molecular weight is 335 g/mol. The average Bonchev–Trinajstić information content (AvgIpc) is 3.22. The van der Waals surface area contributed by atoms with E-state index in [-0.39, 0.29) is 18.3 Å². The summed E-state index contributed by atoms with van der Waals surface area (Å²) in [5, 5.41) is 0. The van der Waals surface area contributed by atoms with E-state index in [0.29, 0.717) is 11.5 Å². The number of esters is 1. The smallest absolute Gasteiger partial charge is 0.339 e. The van der Waals surface area contributed by atoms with Gasteiger partial charge in [0.2, 0.25) is 5.91 Å². The summed E-state index contributed by atoms with van der Waals surface area (Å²) in [4.78, 5) is 26.5. The zero-order valence-electron chi connectivity index (χ0n) is 14.3. The largest absolute Gasteiger partial charge is 0.453 e. The highest BCUT2D eigenvalue weighted by Gasteiger charge is 2.35. The molecule has 0 aromatic heterocycles. The summed E-state index contributed by atoms with van der Waals surface area (Å²) in [6.45, 7) is 3.63. The van der Waals surface area contributed by atoms with Gasteiger partial charge in [-0.25, -0.2) is 4.79 Å². The number of nitrogens with zero attached hydrogens (tertiary/aromatic N) is 1.